The molecule has 1 fully saturated rings. The molecule has 0 radical (unpaired) electrons. The van der Waals surface area contributed by atoms with E-state index in [9.17, 15) is 13.2 Å². The zero-order chi connectivity index (χ0) is 21.3. The number of hydrogen-bond acceptors (Lipinski definition) is 5. The summed E-state index contributed by atoms with van der Waals surface area (Å²) in [6.07, 6.45) is 0. The molecule has 156 valence electrons. The number of amides is 1. The molecule has 2 aromatic carbocycles. The lowest BCUT2D eigenvalue weighted by Gasteiger charge is -2.33. The Kier molecular flexibility index (Phi) is 5.64. The number of hydrogen-bond donors (Lipinski definition) is 0. The number of oxazole rings is 1. The average molecular weight is 446 g/mol. The second-order valence-corrected chi connectivity index (χ2v) is 9.31. The summed E-state index contributed by atoms with van der Waals surface area (Å²) in [5.41, 5.74) is 1.04. The number of aromatic nitrogens is 1. The van der Waals surface area contributed by atoms with Crippen LogP contribution in [-0.4, -0.2) is 54.7 Å². The summed E-state index contributed by atoms with van der Waals surface area (Å²) < 4.78 is 32.7. The van der Waals surface area contributed by atoms with Gasteiger partial charge in [0.15, 0.2) is 5.69 Å². The molecule has 1 amide bonds. The molecule has 1 aliphatic rings. The van der Waals surface area contributed by atoms with Crippen molar-refractivity contribution in [2.24, 2.45) is 0 Å². The van der Waals surface area contributed by atoms with Gasteiger partial charge in [-0.1, -0.05) is 29.8 Å². The highest BCUT2D eigenvalue weighted by atomic mass is 35.5. The molecule has 0 aliphatic carbocycles. The first-order valence-electron chi connectivity index (χ1n) is 9.44. The smallest absolute Gasteiger partial charge is 0.276 e. The van der Waals surface area contributed by atoms with E-state index in [1.807, 2.05) is 30.3 Å². The molecule has 0 spiro atoms. The van der Waals surface area contributed by atoms with Gasteiger partial charge >= 0.3 is 0 Å². The third-order valence-corrected chi connectivity index (χ3v) is 7.16. The van der Waals surface area contributed by atoms with E-state index in [2.05, 4.69) is 4.98 Å². The maximum absolute atomic E-state index is 12.9. The topological polar surface area (TPSA) is 83.7 Å². The predicted molar refractivity (Wildman–Crippen MR) is 113 cm³/mol. The van der Waals surface area contributed by atoms with Gasteiger partial charge < -0.3 is 9.32 Å². The molecule has 0 N–H and O–H groups in total. The summed E-state index contributed by atoms with van der Waals surface area (Å²) >= 11 is 5.85. The quantitative estimate of drug-likeness (QED) is 0.614. The number of benzene rings is 2. The van der Waals surface area contributed by atoms with Gasteiger partial charge in [-0.25, -0.2) is 13.4 Å². The maximum atomic E-state index is 12.9. The van der Waals surface area contributed by atoms with E-state index >= 15 is 0 Å². The van der Waals surface area contributed by atoms with Crippen LogP contribution < -0.4 is 0 Å². The highest BCUT2D eigenvalue weighted by Gasteiger charge is 2.32. The van der Waals surface area contributed by atoms with Crippen molar-refractivity contribution in [3.05, 3.63) is 71.1 Å². The third-order valence-electron chi connectivity index (χ3n) is 5.00. The molecule has 9 heteroatoms. The largest absolute Gasteiger partial charge is 0.441 e. The molecular formula is C21H20ClN3O4S. The predicted octanol–water partition coefficient (Wildman–Crippen LogP) is 3.45. The van der Waals surface area contributed by atoms with Gasteiger partial charge in [0.05, 0.1) is 4.90 Å². The fourth-order valence-corrected chi connectivity index (χ4v) is 4.88. The minimum atomic E-state index is -3.63. The Balaban J connectivity index is 1.46. The lowest BCUT2D eigenvalue weighted by atomic mass is 10.2. The van der Waals surface area contributed by atoms with Crippen molar-refractivity contribution in [1.82, 2.24) is 14.2 Å². The van der Waals surface area contributed by atoms with E-state index in [1.165, 1.54) is 16.4 Å². The van der Waals surface area contributed by atoms with Crippen molar-refractivity contribution in [3.63, 3.8) is 0 Å². The lowest BCUT2D eigenvalue weighted by Crippen LogP contribution is -2.50. The fraction of sp³-hybridized carbons (Fsp3) is 0.238. The first-order chi connectivity index (χ1) is 14.4. The van der Waals surface area contributed by atoms with Crippen molar-refractivity contribution >= 4 is 27.5 Å². The van der Waals surface area contributed by atoms with Crippen LogP contribution in [0.3, 0.4) is 0 Å². The molecule has 3 aromatic rings. The molecule has 4 rings (SSSR count). The van der Waals surface area contributed by atoms with E-state index in [-0.39, 0.29) is 42.7 Å². The Morgan fingerprint density at radius 3 is 2.27 bits per heavy atom. The molecule has 30 heavy (non-hydrogen) atoms. The van der Waals surface area contributed by atoms with E-state index in [0.29, 0.717) is 16.7 Å². The van der Waals surface area contributed by atoms with E-state index in [0.717, 1.165) is 5.56 Å². The SMILES string of the molecule is Cc1oc(-c2ccccc2)nc1C(=O)N1CCN(S(=O)(=O)c2ccc(Cl)cc2)CC1. The molecule has 7 nitrogen and oxygen atoms in total. The summed E-state index contributed by atoms with van der Waals surface area (Å²) in [5.74, 6) is 0.567. The lowest BCUT2D eigenvalue weighted by molar-refractivity contribution is 0.0691. The van der Waals surface area contributed by atoms with Gasteiger partial charge in [0.1, 0.15) is 5.76 Å². The minimum absolute atomic E-state index is 0.187. The van der Waals surface area contributed by atoms with Gasteiger partial charge in [0.25, 0.3) is 5.91 Å². The average Bonchev–Trinajstić information content (AvgIpc) is 3.16. The number of piperazine rings is 1. The van der Waals surface area contributed by atoms with Crippen LogP contribution in [0.4, 0.5) is 0 Å². The number of halogens is 1. The summed E-state index contributed by atoms with van der Waals surface area (Å²) in [6.45, 7) is 2.67. The Morgan fingerprint density at radius 2 is 1.63 bits per heavy atom. The number of carbonyl (C=O) groups is 1. The summed E-state index contributed by atoms with van der Waals surface area (Å²) in [6, 6.07) is 15.4. The van der Waals surface area contributed by atoms with Crippen LogP contribution in [0, 0.1) is 6.92 Å². The molecule has 2 heterocycles. The summed E-state index contributed by atoms with van der Waals surface area (Å²) in [7, 11) is -3.63. The molecule has 1 saturated heterocycles. The highest BCUT2D eigenvalue weighted by Crippen LogP contribution is 2.24. The van der Waals surface area contributed by atoms with Crippen LogP contribution in [-0.2, 0) is 10.0 Å². The molecule has 0 unspecified atom stereocenters. The fourth-order valence-electron chi connectivity index (χ4n) is 3.34. The molecule has 0 bridgehead atoms. The Morgan fingerprint density at radius 1 is 1.00 bits per heavy atom. The van der Waals surface area contributed by atoms with Gasteiger partial charge in [0.2, 0.25) is 15.9 Å². The Labute approximate surface area is 179 Å². The number of nitrogens with zero attached hydrogens (tertiary/aromatic N) is 3. The molecule has 0 atom stereocenters. The van der Waals surface area contributed by atoms with Crippen molar-refractivity contribution in [3.8, 4) is 11.5 Å². The standard InChI is InChI=1S/C21H20ClN3O4S/c1-15-19(23-20(29-15)16-5-3-2-4-6-16)21(26)24-11-13-25(14-12-24)30(27,28)18-9-7-17(22)8-10-18/h2-10H,11-14H2,1H3. The minimum Gasteiger partial charge on any atom is -0.441 e. The highest BCUT2D eigenvalue weighted by molar-refractivity contribution is 7.89. The Hall–Kier alpha value is -2.68. The van der Waals surface area contributed by atoms with E-state index in [4.69, 9.17) is 16.0 Å². The normalized spacial score (nSPS) is 15.3. The van der Waals surface area contributed by atoms with Crippen molar-refractivity contribution < 1.29 is 17.6 Å². The van der Waals surface area contributed by atoms with Gasteiger partial charge in [0, 0.05) is 36.8 Å². The van der Waals surface area contributed by atoms with Crippen molar-refractivity contribution in [2.45, 2.75) is 11.8 Å². The van der Waals surface area contributed by atoms with Crippen LogP contribution in [0.1, 0.15) is 16.2 Å². The zero-order valence-electron chi connectivity index (χ0n) is 16.3. The van der Waals surface area contributed by atoms with Crippen molar-refractivity contribution in [2.75, 3.05) is 26.2 Å². The van der Waals surface area contributed by atoms with Crippen molar-refractivity contribution in [1.29, 1.82) is 0 Å². The number of sulfonamides is 1. The van der Waals surface area contributed by atoms with Gasteiger partial charge in [-0.05, 0) is 43.3 Å². The summed E-state index contributed by atoms with van der Waals surface area (Å²) in [4.78, 5) is 19.1. The van der Waals surface area contributed by atoms with Crippen LogP contribution in [0.15, 0.2) is 63.9 Å². The van der Waals surface area contributed by atoms with Crippen LogP contribution in [0.2, 0.25) is 5.02 Å². The third kappa shape index (κ3) is 3.98. The number of aryl methyl sites for hydroxylation is 1. The Bertz CT molecular complexity index is 1150. The molecule has 0 saturated carbocycles. The van der Waals surface area contributed by atoms with Gasteiger partial charge in [-0.15, -0.1) is 0 Å². The molecule has 1 aliphatic heterocycles. The molecular weight excluding hydrogens is 426 g/mol. The second-order valence-electron chi connectivity index (χ2n) is 6.94. The number of rotatable bonds is 4. The maximum Gasteiger partial charge on any atom is 0.276 e. The van der Waals surface area contributed by atoms with Gasteiger partial charge in [-0.3, -0.25) is 4.79 Å². The van der Waals surface area contributed by atoms with E-state index in [1.54, 1.807) is 24.0 Å². The summed E-state index contributed by atoms with van der Waals surface area (Å²) in [5, 5.41) is 0.474. The molecule has 1 aromatic heterocycles. The first-order valence-corrected chi connectivity index (χ1v) is 11.3. The van der Waals surface area contributed by atoms with E-state index < -0.39 is 10.0 Å². The second kappa shape index (κ2) is 8.22. The monoisotopic (exact) mass is 445 g/mol. The van der Waals surface area contributed by atoms with Crippen LogP contribution in [0.25, 0.3) is 11.5 Å². The zero-order valence-corrected chi connectivity index (χ0v) is 17.9. The van der Waals surface area contributed by atoms with Gasteiger partial charge in [-0.2, -0.15) is 4.31 Å². The first kappa shape index (κ1) is 20.6. The number of carbonyl (C=O) groups excluding carboxylic acids is 1. The van der Waals surface area contributed by atoms with Crippen LogP contribution in [0.5, 0.6) is 0 Å². The van der Waals surface area contributed by atoms with Crippen LogP contribution >= 0.6 is 11.6 Å².